The van der Waals surface area contributed by atoms with Crippen LogP contribution in [0, 0.1) is 6.92 Å². The van der Waals surface area contributed by atoms with Gasteiger partial charge in [-0.3, -0.25) is 0 Å². The largest absolute Gasteiger partial charge is 0.491 e. The highest BCUT2D eigenvalue weighted by atomic mass is 31.2. The maximum absolute atomic E-state index is 11.6. The average Bonchev–Trinajstić information content (AvgIpc) is 2.67. The maximum Gasteiger partial charge on any atom is 0.316 e. The molecular weight excluding hydrogens is 361 g/mol. The van der Waals surface area contributed by atoms with Crippen LogP contribution in [0.15, 0.2) is 67.3 Å². The Labute approximate surface area is 161 Å². The number of carbonyl (C=O) groups excluding carboxylic acids is 1. The van der Waals surface area contributed by atoms with Crippen LogP contribution in [0.5, 0.6) is 11.5 Å². The fourth-order valence-corrected chi connectivity index (χ4v) is 3.13. The Hall–Kier alpha value is -2.46. The Morgan fingerprint density at radius 2 is 1.96 bits per heavy atom. The molecule has 0 heterocycles. The molecule has 0 aliphatic heterocycles. The first kappa shape index (κ1) is 20.8. The highest BCUT2D eigenvalue weighted by molar-refractivity contribution is 7.44. The summed E-state index contributed by atoms with van der Waals surface area (Å²) in [6.07, 6.45) is 6.20. The zero-order valence-corrected chi connectivity index (χ0v) is 16.4. The molecule has 0 amide bonds. The van der Waals surface area contributed by atoms with Crippen molar-refractivity contribution in [1.82, 2.24) is 5.09 Å². The first-order valence-electron chi connectivity index (χ1n) is 8.44. The van der Waals surface area contributed by atoms with Crippen LogP contribution in [-0.2, 0) is 4.79 Å². The molecule has 0 aromatic heterocycles. The van der Waals surface area contributed by atoms with Crippen LogP contribution in [0.25, 0.3) is 6.08 Å². The fourth-order valence-electron chi connectivity index (χ4n) is 2.21. The second-order valence-electron chi connectivity index (χ2n) is 6.23. The molecule has 0 aliphatic rings. The predicted octanol–water partition coefficient (Wildman–Crippen LogP) is 4.42. The van der Waals surface area contributed by atoms with Gasteiger partial charge in [-0.25, -0.2) is 5.09 Å². The van der Waals surface area contributed by atoms with Crippen molar-refractivity contribution in [3.63, 3.8) is 0 Å². The van der Waals surface area contributed by atoms with Gasteiger partial charge in [0.15, 0.2) is 0 Å². The van der Waals surface area contributed by atoms with Crippen LogP contribution in [0.2, 0.25) is 0 Å². The second kappa shape index (κ2) is 10.0. The monoisotopic (exact) mass is 385 g/mol. The second-order valence-corrected chi connectivity index (χ2v) is 7.18. The lowest BCUT2D eigenvalue weighted by Gasteiger charge is -2.26. The van der Waals surface area contributed by atoms with Crippen LogP contribution in [0.4, 0.5) is 0 Å². The van der Waals surface area contributed by atoms with Gasteiger partial charge in [-0.2, -0.15) is 0 Å². The van der Waals surface area contributed by atoms with E-state index < -0.39 is 14.1 Å². The van der Waals surface area contributed by atoms with E-state index in [1.165, 1.54) is 0 Å². The summed E-state index contributed by atoms with van der Waals surface area (Å²) in [6, 6.07) is 14.6. The van der Waals surface area contributed by atoms with Crippen molar-refractivity contribution in [3.05, 3.63) is 78.4 Å². The van der Waals surface area contributed by atoms with Crippen molar-refractivity contribution in [1.29, 1.82) is 0 Å². The van der Waals surface area contributed by atoms with E-state index in [4.69, 9.17) is 9.26 Å². The summed E-state index contributed by atoms with van der Waals surface area (Å²) in [5, 5.41) is 2.80. The molecule has 0 saturated carbocycles. The number of ether oxygens (including phenoxy) is 1. The number of nitrogens with one attached hydrogen (secondary N) is 1. The van der Waals surface area contributed by atoms with Gasteiger partial charge in [-0.1, -0.05) is 49.1 Å². The number of rotatable bonds is 10. The summed E-state index contributed by atoms with van der Waals surface area (Å²) >= 11 is 0. The Bertz CT molecular complexity index is 794. The summed E-state index contributed by atoms with van der Waals surface area (Å²) in [4.78, 5) is 21.7. The lowest BCUT2D eigenvalue weighted by Crippen LogP contribution is -2.46. The highest BCUT2D eigenvalue weighted by Gasteiger charge is 2.29. The fraction of sp³-hybridized carbons (Fsp3) is 0.190. The minimum Gasteiger partial charge on any atom is -0.491 e. The first-order valence-corrected chi connectivity index (χ1v) is 9.66. The summed E-state index contributed by atoms with van der Waals surface area (Å²) < 4.78 is 11.2. The molecule has 2 aromatic rings. The number of carbonyl (C=O) groups is 1. The molecule has 0 aliphatic carbocycles. The average molecular weight is 385 g/mol. The number of para-hydroxylation sites is 1. The minimum atomic E-state index is -2.03. The maximum atomic E-state index is 11.6. The number of hydrogen-bond acceptors (Lipinski definition) is 5. The predicted molar refractivity (Wildman–Crippen MR) is 110 cm³/mol. The summed E-state index contributed by atoms with van der Waals surface area (Å²) in [5.74, 6) is 1.15. The lowest BCUT2D eigenvalue weighted by molar-refractivity contribution is -0.113. The Morgan fingerprint density at radius 1 is 1.22 bits per heavy atom. The van der Waals surface area contributed by atoms with Crippen molar-refractivity contribution in [2.45, 2.75) is 19.4 Å². The molecule has 0 radical (unpaired) electrons. The van der Waals surface area contributed by atoms with Gasteiger partial charge in [0.05, 0.1) is 0 Å². The van der Waals surface area contributed by atoms with Crippen LogP contribution in [0.3, 0.4) is 0 Å². The van der Waals surface area contributed by atoms with Gasteiger partial charge in [0.25, 0.3) is 0 Å². The molecule has 6 heteroatoms. The zero-order chi connectivity index (χ0) is 19.7. The van der Waals surface area contributed by atoms with E-state index in [-0.39, 0.29) is 6.61 Å². The third-order valence-corrected chi connectivity index (χ3v) is 4.83. The molecule has 5 nitrogen and oxygen atoms in total. The van der Waals surface area contributed by atoms with Gasteiger partial charge in [0.2, 0.25) is 0 Å². The molecule has 27 heavy (non-hydrogen) atoms. The SMILES string of the molecule is C=C/C=C\c1cc(OCC(C)(C=O)NP(O)Oc2ccccc2)ccc1C. The topological polar surface area (TPSA) is 67.8 Å². The zero-order valence-electron chi connectivity index (χ0n) is 15.5. The van der Waals surface area contributed by atoms with Crippen LogP contribution >= 0.6 is 8.53 Å². The number of aryl methyl sites for hydroxylation is 1. The van der Waals surface area contributed by atoms with E-state index in [1.54, 1.807) is 37.3 Å². The Balaban J connectivity index is 1.99. The molecule has 2 N–H and O–H groups in total. The first-order chi connectivity index (χ1) is 13.0. The Kier molecular flexibility index (Phi) is 7.74. The van der Waals surface area contributed by atoms with Gasteiger partial charge in [0, 0.05) is 0 Å². The molecule has 0 bridgehead atoms. The normalized spacial score (nSPS) is 14.3. The van der Waals surface area contributed by atoms with E-state index in [1.807, 2.05) is 43.3 Å². The smallest absolute Gasteiger partial charge is 0.316 e. The molecular formula is C21H24NO4P. The van der Waals surface area contributed by atoms with Gasteiger partial charge in [0.1, 0.15) is 29.9 Å². The lowest BCUT2D eigenvalue weighted by atomic mass is 10.1. The van der Waals surface area contributed by atoms with E-state index in [2.05, 4.69) is 11.7 Å². The third kappa shape index (κ3) is 6.65. The molecule has 142 valence electrons. The number of allylic oxidation sites excluding steroid dienone is 2. The number of hydrogen-bond donors (Lipinski definition) is 2. The van der Waals surface area contributed by atoms with Crippen LogP contribution in [0.1, 0.15) is 18.1 Å². The molecule has 0 fully saturated rings. The van der Waals surface area contributed by atoms with Crippen molar-refractivity contribution in [2.24, 2.45) is 0 Å². The minimum absolute atomic E-state index is 0.0434. The molecule has 2 aromatic carbocycles. The van der Waals surface area contributed by atoms with Gasteiger partial charge >= 0.3 is 8.53 Å². The van der Waals surface area contributed by atoms with Gasteiger partial charge in [-0.05, 0) is 49.2 Å². The molecule has 2 rings (SSSR count). The van der Waals surface area contributed by atoms with Gasteiger partial charge < -0.3 is 18.9 Å². The van der Waals surface area contributed by atoms with Crippen LogP contribution in [-0.4, -0.2) is 23.3 Å². The summed E-state index contributed by atoms with van der Waals surface area (Å²) in [7, 11) is -2.03. The van der Waals surface area contributed by atoms with E-state index >= 15 is 0 Å². The number of aldehydes is 1. The number of benzene rings is 2. The quantitative estimate of drug-likeness (QED) is 0.360. The van der Waals surface area contributed by atoms with Crippen LogP contribution < -0.4 is 14.3 Å². The standard InChI is InChI=1S/C21H24NO4P/c1-4-5-9-18-14-20(13-12-17(18)2)25-16-21(3,15-23)22-27(24)26-19-10-7-6-8-11-19/h4-15,22,24H,1,16H2,2-3H3/b9-5-. The van der Waals surface area contributed by atoms with E-state index in [0.717, 1.165) is 11.1 Å². The van der Waals surface area contributed by atoms with Crippen molar-refractivity contribution in [2.75, 3.05) is 6.61 Å². The highest BCUT2D eigenvalue weighted by Crippen LogP contribution is 2.32. The van der Waals surface area contributed by atoms with E-state index in [0.29, 0.717) is 17.8 Å². The summed E-state index contributed by atoms with van der Waals surface area (Å²) in [5.41, 5.74) is 1.01. The Morgan fingerprint density at radius 3 is 2.63 bits per heavy atom. The van der Waals surface area contributed by atoms with Crippen molar-refractivity contribution < 1.29 is 18.9 Å². The summed E-state index contributed by atoms with van der Waals surface area (Å²) in [6.45, 7) is 7.36. The van der Waals surface area contributed by atoms with E-state index in [9.17, 15) is 9.69 Å². The van der Waals surface area contributed by atoms with Crippen molar-refractivity contribution in [3.8, 4) is 11.5 Å². The molecule has 2 atom stereocenters. The third-order valence-electron chi connectivity index (χ3n) is 3.75. The van der Waals surface area contributed by atoms with Gasteiger partial charge in [-0.15, -0.1) is 0 Å². The molecule has 0 saturated heterocycles. The van der Waals surface area contributed by atoms with Crippen molar-refractivity contribution >= 4 is 20.9 Å². The molecule has 2 unspecified atom stereocenters. The molecule has 0 spiro atoms.